The van der Waals surface area contributed by atoms with Crippen molar-refractivity contribution in [2.45, 2.75) is 32.1 Å². The Morgan fingerprint density at radius 3 is 2.36 bits per heavy atom. The maximum Gasteiger partial charge on any atom is 0.320 e. The molecule has 4 rings (SSSR count). The molecule has 2 amide bonds. The number of ether oxygens (including phenoxy) is 1. The van der Waals surface area contributed by atoms with E-state index in [0.29, 0.717) is 12.5 Å². The van der Waals surface area contributed by atoms with Crippen LogP contribution in [0.5, 0.6) is 0 Å². The average Bonchev–Trinajstić information content (AvgIpc) is 3.11. The Morgan fingerprint density at radius 2 is 1.77 bits per heavy atom. The third-order valence-electron chi connectivity index (χ3n) is 6.90. The fourth-order valence-corrected chi connectivity index (χ4v) is 5.15. The van der Waals surface area contributed by atoms with Gasteiger partial charge in [0.2, 0.25) is 0 Å². The number of carbonyl (C=O) groups is 1. The lowest BCUT2D eigenvalue weighted by molar-refractivity contribution is 0.0165. The second-order valence-electron chi connectivity index (χ2n) is 7.91. The molecule has 1 aliphatic carbocycles. The van der Waals surface area contributed by atoms with Crippen molar-refractivity contribution in [2.24, 2.45) is 28.9 Å². The first kappa shape index (κ1) is 14.8. The number of rotatable bonds is 2. The number of nitrogens with zero attached hydrogens (tertiary/aromatic N) is 2. The number of likely N-dealkylation sites (tertiary alicyclic amines) is 2. The van der Waals surface area contributed by atoms with E-state index in [1.807, 2.05) is 0 Å². The van der Waals surface area contributed by atoms with Gasteiger partial charge in [-0.1, -0.05) is 0 Å². The first-order valence-electron chi connectivity index (χ1n) is 9.03. The predicted molar refractivity (Wildman–Crippen MR) is 84.4 cm³/mol. The molecule has 3 heterocycles. The highest BCUT2D eigenvalue weighted by Crippen LogP contribution is 2.44. The van der Waals surface area contributed by atoms with Crippen molar-refractivity contribution in [3.8, 4) is 0 Å². The van der Waals surface area contributed by atoms with Crippen LogP contribution in [0, 0.1) is 23.2 Å². The molecule has 1 unspecified atom stereocenters. The highest BCUT2D eigenvalue weighted by atomic mass is 16.5. The molecule has 0 bridgehead atoms. The summed E-state index contributed by atoms with van der Waals surface area (Å²) in [5, 5.41) is 0. The van der Waals surface area contributed by atoms with Crippen molar-refractivity contribution >= 4 is 6.03 Å². The van der Waals surface area contributed by atoms with Crippen LogP contribution in [0.25, 0.3) is 0 Å². The minimum Gasteiger partial charge on any atom is -0.381 e. The minimum atomic E-state index is 0.137. The van der Waals surface area contributed by atoms with Crippen LogP contribution in [0.15, 0.2) is 0 Å². The molecule has 4 aliphatic rings. The number of urea groups is 1. The maximum absolute atomic E-state index is 12.8. The van der Waals surface area contributed by atoms with Crippen LogP contribution in [-0.2, 0) is 4.74 Å². The van der Waals surface area contributed by atoms with Gasteiger partial charge in [0, 0.05) is 44.8 Å². The van der Waals surface area contributed by atoms with Crippen molar-refractivity contribution in [3.63, 3.8) is 0 Å². The van der Waals surface area contributed by atoms with Gasteiger partial charge in [-0.2, -0.15) is 0 Å². The molecule has 0 spiro atoms. The SMILES string of the molecule is NCC1(C2CCOCC2)CCN(C(=O)N2C[C@H]3CC[C@H]3C2)C1. The highest BCUT2D eigenvalue weighted by molar-refractivity contribution is 5.75. The Balaban J connectivity index is 1.40. The molecule has 124 valence electrons. The minimum absolute atomic E-state index is 0.137. The summed E-state index contributed by atoms with van der Waals surface area (Å²) in [5.74, 6) is 2.21. The number of amides is 2. The fraction of sp³-hybridized carbons (Fsp3) is 0.941. The third-order valence-corrected chi connectivity index (χ3v) is 6.90. The number of carbonyl (C=O) groups excluding carboxylic acids is 1. The molecular formula is C17H29N3O2. The standard InChI is InChI=1S/C17H29N3O2/c18-11-17(15-3-7-22-8-4-15)5-6-19(12-17)16(21)20-9-13-1-2-14(13)10-20/h13-15H,1-12,18H2/t13-,14+,17?. The van der Waals surface area contributed by atoms with Crippen molar-refractivity contribution in [3.05, 3.63) is 0 Å². The number of fused-ring (bicyclic) bond motifs is 1. The molecule has 0 aromatic heterocycles. The molecule has 0 aromatic rings. The van der Waals surface area contributed by atoms with Gasteiger partial charge < -0.3 is 20.3 Å². The second-order valence-corrected chi connectivity index (χ2v) is 7.91. The lowest BCUT2D eigenvalue weighted by Crippen LogP contribution is -2.46. The number of hydrogen-bond donors (Lipinski definition) is 1. The summed E-state index contributed by atoms with van der Waals surface area (Å²) in [6.45, 7) is 6.15. The molecule has 0 radical (unpaired) electrons. The molecule has 22 heavy (non-hydrogen) atoms. The molecule has 0 aromatic carbocycles. The Morgan fingerprint density at radius 1 is 1.09 bits per heavy atom. The monoisotopic (exact) mass is 307 g/mol. The molecule has 3 aliphatic heterocycles. The van der Waals surface area contributed by atoms with Crippen LogP contribution in [0.4, 0.5) is 4.79 Å². The van der Waals surface area contributed by atoms with Crippen LogP contribution in [-0.4, -0.2) is 61.8 Å². The van der Waals surface area contributed by atoms with Crippen molar-refractivity contribution in [1.29, 1.82) is 0 Å². The molecule has 3 saturated heterocycles. The van der Waals surface area contributed by atoms with E-state index in [1.165, 1.54) is 12.8 Å². The van der Waals surface area contributed by atoms with Crippen molar-refractivity contribution in [1.82, 2.24) is 9.80 Å². The quantitative estimate of drug-likeness (QED) is 0.841. The summed E-state index contributed by atoms with van der Waals surface area (Å²) in [6, 6.07) is 0.275. The summed E-state index contributed by atoms with van der Waals surface area (Å²) in [5.41, 5.74) is 6.31. The smallest absolute Gasteiger partial charge is 0.320 e. The molecule has 1 saturated carbocycles. The Bertz CT molecular complexity index is 426. The van der Waals surface area contributed by atoms with Gasteiger partial charge in [-0.05, 0) is 56.4 Å². The predicted octanol–water partition coefficient (Wildman–Crippen LogP) is 1.53. The van der Waals surface area contributed by atoms with E-state index in [9.17, 15) is 4.79 Å². The van der Waals surface area contributed by atoms with Crippen LogP contribution in [0.2, 0.25) is 0 Å². The molecule has 2 N–H and O–H groups in total. The highest BCUT2D eigenvalue weighted by Gasteiger charge is 2.48. The van der Waals surface area contributed by atoms with Gasteiger partial charge in [-0.3, -0.25) is 0 Å². The summed E-state index contributed by atoms with van der Waals surface area (Å²) >= 11 is 0. The molecule has 4 fully saturated rings. The maximum atomic E-state index is 12.8. The Kier molecular flexibility index (Phi) is 3.81. The van der Waals surface area contributed by atoms with Crippen LogP contribution >= 0.6 is 0 Å². The fourth-order valence-electron chi connectivity index (χ4n) is 5.15. The first-order chi connectivity index (χ1) is 10.7. The molecule has 5 heteroatoms. The van der Waals surface area contributed by atoms with E-state index in [0.717, 1.165) is 70.5 Å². The van der Waals surface area contributed by atoms with E-state index in [1.54, 1.807) is 0 Å². The summed E-state index contributed by atoms with van der Waals surface area (Å²) in [7, 11) is 0. The Labute approximate surface area is 133 Å². The summed E-state index contributed by atoms with van der Waals surface area (Å²) in [6.07, 6.45) is 5.92. The molecule has 3 atom stereocenters. The van der Waals surface area contributed by atoms with Gasteiger partial charge in [0.15, 0.2) is 0 Å². The third kappa shape index (κ3) is 2.33. The van der Waals surface area contributed by atoms with Gasteiger partial charge in [-0.25, -0.2) is 4.79 Å². The zero-order valence-electron chi connectivity index (χ0n) is 13.5. The van der Waals surface area contributed by atoms with E-state index in [2.05, 4.69) is 9.80 Å². The van der Waals surface area contributed by atoms with Crippen LogP contribution < -0.4 is 5.73 Å². The summed E-state index contributed by atoms with van der Waals surface area (Å²) < 4.78 is 5.51. The zero-order valence-corrected chi connectivity index (χ0v) is 13.5. The van der Waals surface area contributed by atoms with Crippen LogP contribution in [0.1, 0.15) is 32.1 Å². The van der Waals surface area contributed by atoms with Crippen molar-refractivity contribution in [2.75, 3.05) is 45.9 Å². The number of nitrogens with two attached hydrogens (primary N) is 1. The zero-order chi connectivity index (χ0) is 15.2. The first-order valence-corrected chi connectivity index (χ1v) is 9.03. The topological polar surface area (TPSA) is 58.8 Å². The van der Waals surface area contributed by atoms with E-state index < -0.39 is 0 Å². The lowest BCUT2D eigenvalue weighted by atomic mass is 9.71. The summed E-state index contributed by atoms with van der Waals surface area (Å²) in [4.78, 5) is 17.0. The molecular weight excluding hydrogens is 278 g/mol. The van der Waals surface area contributed by atoms with E-state index in [-0.39, 0.29) is 11.4 Å². The van der Waals surface area contributed by atoms with E-state index >= 15 is 0 Å². The number of hydrogen-bond acceptors (Lipinski definition) is 3. The van der Waals surface area contributed by atoms with Gasteiger partial charge in [0.1, 0.15) is 0 Å². The van der Waals surface area contributed by atoms with E-state index in [4.69, 9.17) is 10.5 Å². The lowest BCUT2D eigenvalue weighted by Gasteiger charge is -2.39. The largest absolute Gasteiger partial charge is 0.381 e. The van der Waals surface area contributed by atoms with Crippen LogP contribution in [0.3, 0.4) is 0 Å². The van der Waals surface area contributed by atoms with Gasteiger partial charge in [0.25, 0.3) is 0 Å². The average molecular weight is 307 g/mol. The normalized spacial score (nSPS) is 39.0. The van der Waals surface area contributed by atoms with Crippen molar-refractivity contribution < 1.29 is 9.53 Å². The van der Waals surface area contributed by atoms with Gasteiger partial charge >= 0.3 is 6.03 Å². The molecule has 5 nitrogen and oxygen atoms in total. The second kappa shape index (κ2) is 5.68. The Hall–Kier alpha value is -0.810. The van der Waals surface area contributed by atoms with Gasteiger partial charge in [-0.15, -0.1) is 0 Å². The van der Waals surface area contributed by atoms with Gasteiger partial charge in [0.05, 0.1) is 0 Å².